The van der Waals surface area contributed by atoms with Crippen LogP contribution in [0.3, 0.4) is 0 Å². The first-order valence-corrected chi connectivity index (χ1v) is 16.2. The van der Waals surface area contributed by atoms with Gasteiger partial charge in [-0.15, -0.1) is 0 Å². The highest BCUT2D eigenvalue weighted by molar-refractivity contribution is 7.17. The standard InChI is InChI=1S/C29H36FN9O2S.CH5N.CH2O/c30-22-19-21(8-11-36-9-2-1-3-10-36)6-7-23(22)38-15-12-37(13-16-38)14-17-39-28-25(42-29(39)40)26(31)34-27(35-33-20-32-28)24-5-4-18-41-24;2*1-2/h4-7,18-20H,1-3,8-17,31H2,(H,34,35);2H2,1H3;1H2. The third kappa shape index (κ3) is 8.75. The highest BCUT2D eigenvalue weighted by Gasteiger charge is 2.21. The molecule has 1 aromatic carbocycles. The Morgan fingerprint density at radius 2 is 1.74 bits per heavy atom. The largest absolute Gasteiger partial charge is 0.461 e. The number of furan rings is 1. The van der Waals surface area contributed by atoms with Crippen molar-refractivity contribution in [3.63, 3.8) is 0 Å². The molecule has 13 nitrogen and oxygen atoms in total. The maximum atomic E-state index is 15.1. The zero-order chi connectivity index (χ0) is 32.9. The summed E-state index contributed by atoms with van der Waals surface area (Å²) < 4.78 is 22.6. The number of nitrogen functional groups attached to an aromatic ring is 1. The molecule has 0 bridgehead atoms. The first-order chi connectivity index (χ1) is 22.5. The van der Waals surface area contributed by atoms with Crippen LogP contribution in [0.25, 0.3) is 21.9 Å². The van der Waals surface area contributed by atoms with Crippen LogP contribution >= 0.6 is 11.3 Å². The first-order valence-electron chi connectivity index (χ1n) is 15.4. The second-order valence-corrected chi connectivity index (χ2v) is 11.7. The van der Waals surface area contributed by atoms with Crippen molar-refractivity contribution in [2.45, 2.75) is 32.2 Å². The lowest BCUT2D eigenvalue weighted by molar-refractivity contribution is -0.0980. The molecule has 4 aromatic rings. The number of hydrogen-bond acceptors (Lipinski definition) is 12. The summed E-state index contributed by atoms with van der Waals surface area (Å²) in [4.78, 5) is 36.5. The van der Waals surface area contributed by atoms with Crippen LogP contribution in [0.1, 0.15) is 24.8 Å². The number of carbonyl (C=O) groups excluding carboxylic acids is 1. The number of likely N-dealkylation sites (tertiary alicyclic amines) is 1. The van der Waals surface area contributed by atoms with Crippen molar-refractivity contribution in [1.82, 2.24) is 34.5 Å². The molecule has 2 aliphatic rings. The van der Waals surface area contributed by atoms with E-state index in [0.29, 0.717) is 53.8 Å². The molecule has 0 unspecified atom stereocenters. The summed E-state index contributed by atoms with van der Waals surface area (Å²) in [5.41, 5.74) is 12.9. The third-order valence-electron chi connectivity index (χ3n) is 8.03. The van der Waals surface area contributed by atoms with Gasteiger partial charge in [-0.3, -0.25) is 19.4 Å². The summed E-state index contributed by atoms with van der Waals surface area (Å²) in [7, 11) is 1.50. The van der Waals surface area contributed by atoms with Crippen molar-refractivity contribution < 1.29 is 13.6 Å². The maximum absolute atomic E-state index is 15.1. The number of nitrogens with two attached hydrogens (primary N) is 2. The van der Waals surface area contributed by atoms with Crippen molar-refractivity contribution in [3.05, 3.63) is 64.0 Å². The van der Waals surface area contributed by atoms with Crippen LogP contribution in [0.5, 0.6) is 0 Å². The molecular weight excluding hydrogens is 611 g/mol. The van der Waals surface area contributed by atoms with E-state index in [9.17, 15) is 4.79 Å². The smallest absolute Gasteiger partial charge is 0.309 e. The Hall–Kier alpha value is -4.18. The Balaban J connectivity index is 0.00000116. The molecule has 0 spiro atoms. The molecule has 2 fully saturated rings. The highest BCUT2D eigenvalue weighted by Crippen LogP contribution is 2.24. The zero-order valence-electron chi connectivity index (χ0n) is 26.2. The zero-order valence-corrected chi connectivity index (χ0v) is 27.1. The van der Waals surface area contributed by atoms with E-state index >= 15 is 4.39 Å². The van der Waals surface area contributed by atoms with Gasteiger partial charge in [-0.05, 0) is 69.2 Å². The number of nitrogens with zero attached hydrogens (tertiary/aromatic N) is 7. The molecular formula is C31H43FN10O3S. The number of thiazole rings is 1. The molecule has 2 aliphatic heterocycles. The lowest BCUT2D eigenvalue weighted by atomic mass is 10.1. The van der Waals surface area contributed by atoms with Gasteiger partial charge in [0.05, 0.1) is 12.0 Å². The monoisotopic (exact) mass is 654 g/mol. The molecule has 248 valence electrons. The van der Waals surface area contributed by atoms with Gasteiger partial charge in [0, 0.05) is 45.8 Å². The fraction of sp³-hybridized carbons (Fsp3) is 0.452. The molecule has 0 aliphatic carbocycles. The van der Waals surface area contributed by atoms with Gasteiger partial charge in [-0.25, -0.2) is 14.4 Å². The van der Waals surface area contributed by atoms with Crippen molar-refractivity contribution in [2.24, 2.45) is 5.73 Å². The Morgan fingerprint density at radius 1 is 1.00 bits per heavy atom. The number of H-pyrrole nitrogens is 1. The van der Waals surface area contributed by atoms with E-state index in [2.05, 4.69) is 46.7 Å². The summed E-state index contributed by atoms with van der Waals surface area (Å²) in [6.07, 6.45) is 7.60. The molecule has 0 radical (unpaired) electrons. The molecule has 5 N–H and O–H groups in total. The molecule has 46 heavy (non-hydrogen) atoms. The number of aromatic amines is 1. The average molecular weight is 655 g/mol. The molecule has 0 saturated carbocycles. The molecule has 0 amide bonds. The Labute approximate surface area is 271 Å². The SMILES string of the molecule is C=O.CN.Nc1nc(-c2ccco2)[nH]ncnc2c1sc(=O)n2CCN1CCN(c2ccc(CCN3CCCCC3)cc2F)CC1. The second-order valence-electron chi connectivity index (χ2n) is 10.7. The van der Waals surface area contributed by atoms with Crippen LogP contribution in [0.2, 0.25) is 0 Å². The molecule has 6 rings (SSSR count). The van der Waals surface area contributed by atoms with E-state index in [-0.39, 0.29) is 16.5 Å². The molecule has 2 saturated heterocycles. The summed E-state index contributed by atoms with van der Waals surface area (Å²) in [5.74, 6) is 0.800. The van der Waals surface area contributed by atoms with Crippen LogP contribution < -0.4 is 21.2 Å². The fourth-order valence-corrected chi connectivity index (χ4v) is 6.54. The summed E-state index contributed by atoms with van der Waals surface area (Å²) in [6, 6.07) is 9.18. The minimum Gasteiger partial charge on any atom is -0.461 e. The fourth-order valence-electron chi connectivity index (χ4n) is 5.67. The van der Waals surface area contributed by atoms with E-state index in [0.717, 1.165) is 56.0 Å². The quantitative estimate of drug-likeness (QED) is 0.255. The van der Waals surface area contributed by atoms with Crippen LogP contribution in [0.4, 0.5) is 15.9 Å². The van der Waals surface area contributed by atoms with E-state index in [1.54, 1.807) is 22.8 Å². The van der Waals surface area contributed by atoms with Gasteiger partial charge in [-0.1, -0.05) is 23.8 Å². The van der Waals surface area contributed by atoms with E-state index in [1.165, 1.54) is 38.9 Å². The van der Waals surface area contributed by atoms with Crippen molar-refractivity contribution in [3.8, 4) is 11.6 Å². The van der Waals surface area contributed by atoms with Crippen LogP contribution in [0, 0.1) is 5.82 Å². The summed E-state index contributed by atoms with van der Waals surface area (Å²) >= 11 is 1.01. The number of fused-ring (bicyclic) bond motifs is 1. The minimum atomic E-state index is -0.163. The lowest BCUT2D eigenvalue weighted by Gasteiger charge is -2.36. The topological polar surface area (TPSA) is 168 Å². The van der Waals surface area contributed by atoms with Gasteiger partial charge in [0.15, 0.2) is 17.2 Å². The normalized spacial score (nSPS) is 15.4. The number of halogens is 1. The maximum Gasteiger partial charge on any atom is 0.309 e. The molecule has 15 heteroatoms. The minimum absolute atomic E-state index is 0.150. The van der Waals surface area contributed by atoms with Crippen molar-refractivity contribution >= 4 is 40.0 Å². The Morgan fingerprint density at radius 3 is 2.43 bits per heavy atom. The van der Waals surface area contributed by atoms with Crippen molar-refractivity contribution in [1.29, 1.82) is 0 Å². The Kier molecular flexibility index (Phi) is 13.2. The number of piperidine rings is 1. The van der Waals surface area contributed by atoms with Crippen LogP contribution in [-0.4, -0.2) is 101 Å². The van der Waals surface area contributed by atoms with Gasteiger partial charge in [0.2, 0.25) is 0 Å². The number of carbonyl (C=O) groups is 1. The summed E-state index contributed by atoms with van der Waals surface area (Å²) in [5, 5.41) is 6.87. The second kappa shape index (κ2) is 17.5. The van der Waals surface area contributed by atoms with Gasteiger partial charge in [-0.2, -0.15) is 5.10 Å². The van der Waals surface area contributed by atoms with E-state index < -0.39 is 0 Å². The van der Waals surface area contributed by atoms with Gasteiger partial charge in [0.25, 0.3) is 0 Å². The third-order valence-corrected chi connectivity index (χ3v) is 9.02. The lowest BCUT2D eigenvalue weighted by Crippen LogP contribution is -2.47. The van der Waals surface area contributed by atoms with Crippen LogP contribution in [-0.2, 0) is 17.8 Å². The number of aromatic nitrogens is 5. The highest BCUT2D eigenvalue weighted by atomic mass is 32.1. The number of piperazine rings is 1. The van der Waals surface area contributed by atoms with Crippen molar-refractivity contribution in [2.75, 3.05) is 70.0 Å². The Bertz CT molecular complexity index is 1630. The van der Waals surface area contributed by atoms with Gasteiger partial charge in [0.1, 0.15) is 29.5 Å². The number of benzene rings is 1. The van der Waals surface area contributed by atoms with Crippen LogP contribution in [0.15, 0.2) is 52.1 Å². The number of anilines is 2. The molecule has 5 heterocycles. The van der Waals surface area contributed by atoms with E-state index in [1.807, 2.05) is 12.9 Å². The number of hydrogen-bond donors (Lipinski definition) is 3. The predicted molar refractivity (Wildman–Crippen MR) is 180 cm³/mol. The summed E-state index contributed by atoms with van der Waals surface area (Å²) in [6.45, 7) is 9.37. The first kappa shape index (κ1) is 34.7. The van der Waals surface area contributed by atoms with E-state index in [4.69, 9.17) is 14.9 Å². The predicted octanol–water partition coefficient (Wildman–Crippen LogP) is 2.92. The van der Waals surface area contributed by atoms with Gasteiger partial charge < -0.3 is 30.5 Å². The van der Waals surface area contributed by atoms with Gasteiger partial charge >= 0.3 is 4.87 Å². The molecule has 0 atom stereocenters. The average Bonchev–Trinajstić information content (AvgIpc) is 3.76. The number of nitrogens with one attached hydrogen (secondary N) is 1. The molecule has 3 aromatic heterocycles. The number of rotatable bonds is 8.